The number of carbonyl (C=O) groups is 5. The maximum absolute atomic E-state index is 14.1. The van der Waals surface area contributed by atoms with Gasteiger partial charge in [0.25, 0.3) is 5.91 Å². The van der Waals surface area contributed by atoms with Crippen molar-refractivity contribution in [2.24, 2.45) is 0 Å². The van der Waals surface area contributed by atoms with Crippen LogP contribution in [0.4, 0.5) is 11.4 Å². The Morgan fingerprint density at radius 3 is 2.49 bits per heavy atom. The molecule has 0 spiro atoms. The van der Waals surface area contributed by atoms with E-state index in [2.05, 4.69) is 68.1 Å². The molecule has 5 aliphatic rings. The summed E-state index contributed by atoms with van der Waals surface area (Å²) in [5.74, 6) is -0.486. The SMILES string of the molecule is [C-]#[N+]c1ccc2c3c([nH]c2c1)C(C)(C)c1cc(N2CCC(N4CCN(CC(=O)NCCOc5cccc6c5CN(C5CCC(=O)NC5=O)C6=O)CC4)CC2)c(CC)cc1C3=O. The molecule has 3 N–H and O–H groups in total. The van der Waals surface area contributed by atoms with Gasteiger partial charge < -0.3 is 24.8 Å². The predicted octanol–water partition coefficient (Wildman–Crippen LogP) is 4.69. The number of nitrogens with one attached hydrogen (secondary N) is 3. The lowest BCUT2D eigenvalue weighted by atomic mass is 9.70. The summed E-state index contributed by atoms with van der Waals surface area (Å²) in [4.78, 5) is 80.2. The molecule has 3 aromatic carbocycles. The number of fused-ring (bicyclic) bond motifs is 5. The van der Waals surface area contributed by atoms with Crippen LogP contribution in [0.1, 0.15) is 95.1 Å². The number of aromatic amines is 1. The van der Waals surface area contributed by atoms with Gasteiger partial charge in [0.15, 0.2) is 11.5 Å². The Morgan fingerprint density at radius 2 is 1.75 bits per heavy atom. The predicted molar refractivity (Wildman–Crippen MR) is 230 cm³/mol. The Hall–Kier alpha value is -6.04. The number of hydrogen-bond donors (Lipinski definition) is 3. The molecular formula is C47H52N8O6. The van der Waals surface area contributed by atoms with Crippen LogP contribution in [0.3, 0.4) is 0 Å². The summed E-state index contributed by atoms with van der Waals surface area (Å²) in [5, 5.41) is 6.18. The third-order valence-electron chi connectivity index (χ3n) is 13.6. The van der Waals surface area contributed by atoms with Crippen LogP contribution in [-0.2, 0) is 32.8 Å². The molecule has 3 saturated heterocycles. The quantitative estimate of drug-likeness (QED) is 0.118. The molecule has 0 bridgehead atoms. The molecule has 9 rings (SSSR count). The number of imide groups is 1. The molecule has 4 amide bonds. The highest BCUT2D eigenvalue weighted by Gasteiger charge is 2.42. The molecule has 5 heterocycles. The number of rotatable bonds is 10. The second kappa shape index (κ2) is 16.1. The monoisotopic (exact) mass is 824 g/mol. The number of piperazine rings is 1. The second-order valence-electron chi connectivity index (χ2n) is 17.5. The lowest BCUT2D eigenvalue weighted by Crippen LogP contribution is -2.54. The number of anilines is 1. The molecular weight excluding hydrogens is 773 g/mol. The Bertz CT molecular complexity index is 2500. The summed E-state index contributed by atoms with van der Waals surface area (Å²) in [6.45, 7) is 20.4. The van der Waals surface area contributed by atoms with Crippen LogP contribution in [-0.4, -0.2) is 120 Å². The van der Waals surface area contributed by atoms with Crippen LogP contribution in [0.5, 0.6) is 5.75 Å². The van der Waals surface area contributed by atoms with Crippen LogP contribution in [0.15, 0.2) is 48.5 Å². The van der Waals surface area contributed by atoms with Crippen molar-refractivity contribution in [3.8, 4) is 5.75 Å². The van der Waals surface area contributed by atoms with E-state index in [4.69, 9.17) is 11.3 Å². The number of aryl methyl sites for hydroxylation is 1. The van der Waals surface area contributed by atoms with Crippen molar-refractivity contribution in [2.45, 2.75) is 76.9 Å². The summed E-state index contributed by atoms with van der Waals surface area (Å²) < 4.78 is 6.02. The van der Waals surface area contributed by atoms with Crippen molar-refractivity contribution in [3.63, 3.8) is 0 Å². The Morgan fingerprint density at radius 1 is 0.967 bits per heavy atom. The molecule has 14 heteroatoms. The van der Waals surface area contributed by atoms with Crippen molar-refractivity contribution in [1.29, 1.82) is 0 Å². The molecule has 1 aromatic heterocycles. The van der Waals surface area contributed by atoms with Crippen LogP contribution in [0, 0.1) is 6.57 Å². The first-order valence-electron chi connectivity index (χ1n) is 21.6. The van der Waals surface area contributed by atoms with E-state index >= 15 is 0 Å². The van der Waals surface area contributed by atoms with Gasteiger partial charge in [0.1, 0.15) is 18.4 Å². The number of ether oxygens (including phenoxy) is 1. The molecule has 0 radical (unpaired) electrons. The fraction of sp³-hybridized carbons (Fsp3) is 0.447. The number of H-pyrrole nitrogens is 1. The lowest BCUT2D eigenvalue weighted by molar-refractivity contribution is -0.137. The number of amides is 4. The summed E-state index contributed by atoms with van der Waals surface area (Å²) in [6, 6.07) is 15.0. The third kappa shape index (κ3) is 7.33. The van der Waals surface area contributed by atoms with Crippen LogP contribution >= 0.6 is 0 Å². The van der Waals surface area contributed by atoms with Gasteiger partial charge in [-0.05, 0) is 67.1 Å². The smallest absolute Gasteiger partial charge is 0.255 e. The van der Waals surface area contributed by atoms with Gasteiger partial charge in [0, 0.05) is 96.1 Å². The van der Waals surface area contributed by atoms with Gasteiger partial charge in [-0.2, -0.15) is 0 Å². The van der Waals surface area contributed by atoms with Gasteiger partial charge in [0.2, 0.25) is 17.7 Å². The van der Waals surface area contributed by atoms with E-state index in [0.29, 0.717) is 48.1 Å². The number of piperidine rings is 2. The summed E-state index contributed by atoms with van der Waals surface area (Å²) in [7, 11) is 0. The molecule has 4 aromatic rings. The maximum atomic E-state index is 14.1. The van der Waals surface area contributed by atoms with E-state index < -0.39 is 17.4 Å². The number of carbonyl (C=O) groups excluding carboxylic acids is 5. The number of nitrogens with zero attached hydrogens (tertiary/aromatic N) is 5. The largest absolute Gasteiger partial charge is 0.491 e. The number of aromatic nitrogens is 1. The highest BCUT2D eigenvalue weighted by molar-refractivity contribution is 6.20. The van der Waals surface area contributed by atoms with Gasteiger partial charge in [0.05, 0.1) is 31.8 Å². The van der Waals surface area contributed by atoms with Gasteiger partial charge in [-0.25, -0.2) is 4.85 Å². The van der Waals surface area contributed by atoms with E-state index in [0.717, 1.165) is 91.8 Å². The van der Waals surface area contributed by atoms with Crippen molar-refractivity contribution in [2.75, 3.05) is 63.9 Å². The average molecular weight is 825 g/mol. The fourth-order valence-corrected chi connectivity index (χ4v) is 10.2. The molecule has 61 heavy (non-hydrogen) atoms. The van der Waals surface area contributed by atoms with Gasteiger partial charge in [-0.1, -0.05) is 39.0 Å². The summed E-state index contributed by atoms with van der Waals surface area (Å²) >= 11 is 0. The molecule has 4 aliphatic heterocycles. The number of ketones is 1. The Labute approximate surface area is 355 Å². The van der Waals surface area contributed by atoms with Crippen LogP contribution < -0.4 is 20.3 Å². The normalized spacial score (nSPS) is 20.6. The zero-order chi connectivity index (χ0) is 42.6. The van der Waals surface area contributed by atoms with E-state index in [1.54, 1.807) is 24.3 Å². The van der Waals surface area contributed by atoms with Crippen molar-refractivity contribution >= 4 is 51.7 Å². The summed E-state index contributed by atoms with van der Waals surface area (Å²) in [6.07, 6.45) is 3.42. The topological polar surface area (TPSA) is 152 Å². The van der Waals surface area contributed by atoms with Gasteiger partial charge >= 0.3 is 0 Å². The van der Waals surface area contributed by atoms with E-state index in [-0.39, 0.29) is 43.1 Å². The minimum absolute atomic E-state index is 0.0463. The standard InChI is InChI=1S/C47H52N8O6/c1-5-28-23-33-35(47(2,3)44-42(43(33)58)32-10-9-29(48-4)24-36(32)50-44)25-38(28)54-16-13-30(14-17-54)53-20-18-52(19-21-53)27-41(57)49-15-22-61-39-8-6-7-31-34(39)26-55(46(31)60)37-11-12-40(56)51-45(37)59/h6-10,23-25,30,37,50H,5,11-22,26-27H2,1-3H3,(H,49,57)(H,51,56,59). The minimum Gasteiger partial charge on any atom is -0.491 e. The van der Waals surface area contributed by atoms with Gasteiger partial charge in [-0.15, -0.1) is 0 Å². The summed E-state index contributed by atoms with van der Waals surface area (Å²) in [5.41, 5.74) is 8.02. The first-order chi connectivity index (χ1) is 29.4. The molecule has 0 saturated carbocycles. The van der Waals surface area contributed by atoms with Crippen LogP contribution in [0.25, 0.3) is 15.7 Å². The number of hydrogen-bond acceptors (Lipinski definition) is 9. The second-order valence-corrected chi connectivity index (χ2v) is 17.5. The maximum Gasteiger partial charge on any atom is 0.255 e. The van der Waals surface area contributed by atoms with Gasteiger partial charge in [-0.3, -0.25) is 39.1 Å². The van der Waals surface area contributed by atoms with Crippen molar-refractivity contribution in [1.82, 2.24) is 30.3 Å². The zero-order valence-electron chi connectivity index (χ0n) is 35.1. The highest BCUT2D eigenvalue weighted by atomic mass is 16.5. The first kappa shape index (κ1) is 40.4. The fourth-order valence-electron chi connectivity index (χ4n) is 10.2. The van der Waals surface area contributed by atoms with E-state index in [1.165, 1.54) is 16.2 Å². The molecule has 14 nitrogen and oxygen atoms in total. The molecule has 3 fully saturated rings. The molecule has 1 aliphatic carbocycles. The third-order valence-corrected chi connectivity index (χ3v) is 13.6. The first-order valence-corrected chi connectivity index (χ1v) is 21.6. The molecule has 1 unspecified atom stereocenters. The average Bonchev–Trinajstić information content (AvgIpc) is 3.83. The minimum atomic E-state index is -0.692. The molecule has 316 valence electrons. The molecule has 1 atom stereocenters. The van der Waals surface area contributed by atoms with E-state index in [1.807, 2.05) is 12.1 Å². The Balaban J connectivity index is 0.745. The number of benzene rings is 3. The van der Waals surface area contributed by atoms with Crippen LogP contribution in [0.2, 0.25) is 0 Å². The lowest BCUT2D eigenvalue weighted by Gasteiger charge is -2.44. The zero-order valence-corrected chi connectivity index (χ0v) is 35.1. The van der Waals surface area contributed by atoms with Crippen molar-refractivity contribution < 1.29 is 28.7 Å². The highest BCUT2D eigenvalue weighted by Crippen LogP contribution is 2.46. The van der Waals surface area contributed by atoms with E-state index in [9.17, 15) is 24.0 Å². The Kier molecular flexibility index (Phi) is 10.7. The van der Waals surface area contributed by atoms with Crippen molar-refractivity contribution in [3.05, 3.63) is 99.0 Å².